The van der Waals surface area contributed by atoms with Gasteiger partial charge in [0.1, 0.15) is 5.82 Å². The Morgan fingerprint density at radius 1 is 1.13 bits per heavy atom. The van der Waals surface area contributed by atoms with Crippen LogP contribution >= 0.6 is 0 Å². The lowest BCUT2D eigenvalue weighted by molar-refractivity contribution is -0.143. The van der Waals surface area contributed by atoms with E-state index in [0.29, 0.717) is 15.9 Å². The monoisotopic (exact) mass is 431 g/mol. The number of carbonyl (C=O) groups is 2. The van der Waals surface area contributed by atoms with E-state index in [0.717, 1.165) is 24.3 Å². The molecule has 2 N–H and O–H groups in total. The summed E-state index contributed by atoms with van der Waals surface area (Å²) in [6.45, 7) is -0.625. The van der Waals surface area contributed by atoms with E-state index < -0.39 is 41.7 Å². The molecule has 0 aliphatic heterocycles. The van der Waals surface area contributed by atoms with Gasteiger partial charge in [0.15, 0.2) is 11.4 Å². The minimum absolute atomic E-state index is 0.147. The first-order valence-electron chi connectivity index (χ1n) is 8.62. The highest BCUT2D eigenvalue weighted by atomic mass is 19.4. The fourth-order valence-electron chi connectivity index (χ4n) is 2.59. The first-order valence-corrected chi connectivity index (χ1v) is 8.62. The van der Waals surface area contributed by atoms with Crippen LogP contribution in [0.15, 0.2) is 48.5 Å². The molecule has 0 saturated carbocycles. The molecule has 3 aromatic rings. The van der Waals surface area contributed by atoms with Crippen molar-refractivity contribution in [3.8, 4) is 18.0 Å². The predicted octanol–water partition coefficient (Wildman–Crippen LogP) is 2.78. The van der Waals surface area contributed by atoms with Gasteiger partial charge in [-0.3, -0.25) is 9.59 Å². The first kappa shape index (κ1) is 21.5. The summed E-state index contributed by atoms with van der Waals surface area (Å²) >= 11 is 0. The van der Waals surface area contributed by atoms with E-state index in [1.165, 1.54) is 6.07 Å². The molecule has 0 aliphatic rings. The number of benzene rings is 2. The smallest absolute Gasteiger partial charge is 0.341 e. The molecule has 1 heterocycles. The second-order valence-corrected chi connectivity index (χ2v) is 6.13. The number of amides is 2. The van der Waals surface area contributed by atoms with Crippen LogP contribution < -0.4 is 10.6 Å². The maximum Gasteiger partial charge on any atom is 0.435 e. The predicted molar refractivity (Wildman–Crippen MR) is 102 cm³/mol. The van der Waals surface area contributed by atoms with Gasteiger partial charge in [-0.25, -0.2) is 9.07 Å². The van der Waals surface area contributed by atoms with Gasteiger partial charge < -0.3 is 10.6 Å². The number of rotatable bonds is 5. The zero-order valence-corrected chi connectivity index (χ0v) is 15.6. The van der Waals surface area contributed by atoms with Crippen LogP contribution in [0.4, 0.5) is 23.2 Å². The van der Waals surface area contributed by atoms with Crippen molar-refractivity contribution in [1.29, 1.82) is 0 Å². The Morgan fingerprint density at radius 2 is 1.84 bits per heavy atom. The van der Waals surface area contributed by atoms with Crippen molar-refractivity contribution in [2.24, 2.45) is 0 Å². The summed E-state index contributed by atoms with van der Waals surface area (Å²) in [5, 5.41) is 11.2. The van der Waals surface area contributed by atoms with Crippen LogP contribution in [0, 0.1) is 18.2 Å². The fourth-order valence-corrected chi connectivity index (χ4v) is 2.59. The summed E-state index contributed by atoms with van der Waals surface area (Å²) in [5.74, 6) is -0.221. The Kier molecular flexibility index (Phi) is 6.01. The number of alkyl halides is 3. The summed E-state index contributed by atoms with van der Waals surface area (Å²) in [7, 11) is 0. The normalized spacial score (nSPS) is 10.9. The number of carbonyl (C=O) groups excluding carboxylic acids is 2. The SMILES string of the molecule is C#Cc1cccc(NC(=O)CNC(=O)c2nnn(-c3ccc(F)cc3)c2C(F)(F)F)c1. The average Bonchev–Trinajstić information content (AvgIpc) is 3.18. The van der Waals surface area contributed by atoms with Gasteiger partial charge >= 0.3 is 6.18 Å². The van der Waals surface area contributed by atoms with E-state index in [1.807, 2.05) is 0 Å². The number of halogens is 4. The third-order valence-electron chi connectivity index (χ3n) is 3.95. The lowest BCUT2D eigenvalue weighted by atomic mass is 10.2. The number of anilines is 1. The summed E-state index contributed by atoms with van der Waals surface area (Å²) in [4.78, 5) is 24.3. The third kappa shape index (κ3) is 5.05. The molecular weight excluding hydrogens is 418 g/mol. The Hall–Kier alpha value is -4.20. The molecule has 0 atom stereocenters. The number of nitrogens with one attached hydrogen (secondary N) is 2. The van der Waals surface area contributed by atoms with Gasteiger partial charge in [0, 0.05) is 11.3 Å². The summed E-state index contributed by atoms with van der Waals surface area (Å²) < 4.78 is 54.2. The van der Waals surface area contributed by atoms with E-state index in [4.69, 9.17) is 6.42 Å². The standard InChI is InChI=1S/C20H13F4N5O2/c1-2-12-4-3-5-14(10-12)26-16(30)11-25-19(31)17-18(20(22,23)24)29(28-27-17)15-8-6-13(21)7-9-15/h1,3-10H,11H2,(H,25,31)(H,26,30). The maximum absolute atomic E-state index is 13.6. The summed E-state index contributed by atoms with van der Waals surface area (Å²) in [5.41, 5.74) is -1.77. The molecule has 0 aliphatic carbocycles. The Morgan fingerprint density at radius 3 is 2.48 bits per heavy atom. The molecule has 0 spiro atoms. The molecule has 2 amide bonds. The molecule has 2 aromatic carbocycles. The number of nitrogens with zero attached hydrogens (tertiary/aromatic N) is 3. The van der Waals surface area contributed by atoms with E-state index in [2.05, 4.69) is 26.9 Å². The third-order valence-corrected chi connectivity index (χ3v) is 3.95. The van der Waals surface area contributed by atoms with E-state index in [9.17, 15) is 27.2 Å². The van der Waals surface area contributed by atoms with Gasteiger partial charge in [-0.05, 0) is 42.5 Å². The van der Waals surface area contributed by atoms with Crippen LogP contribution in [0.1, 0.15) is 21.7 Å². The van der Waals surface area contributed by atoms with Gasteiger partial charge in [-0.2, -0.15) is 13.2 Å². The molecular formula is C20H13F4N5O2. The number of hydrogen-bond donors (Lipinski definition) is 2. The molecule has 31 heavy (non-hydrogen) atoms. The molecule has 0 saturated heterocycles. The first-order chi connectivity index (χ1) is 14.7. The highest BCUT2D eigenvalue weighted by Gasteiger charge is 2.42. The lowest BCUT2D eigenvalue weighted by Gasteiger charge is -2.11. The molecule has 0 bridgehead atoms. The Bertz CT molecular complexity index is 1160. The second kappa shape index (κ2) is 8.66. The van der Waals surface area contributed by atoms with Crippen molar-refractivity contribution in [2.45, 2.75) is 6.18 Å². The zero-order valence-electron chi connectivity index (χ0n) is 15.6. The fraction of sp³-hybridized carbons (Fsp3) is 0.100. The van der Waals surface area contributed by atoms with Crippen molar-refractivity contribution in [2.75, 3.05) is 11.9 Å². The van der Waals surface area contributed by atoms with Crippen molar-refractivity contribution >= 4 is 17.5 Å². The van der Waals surface area contributed by atoms with Crippen molar-refractivity contribution in [3.05, 3.63) is 71.3 Å². The van der Waals surface area contributed by atoms with E-state index in [1.54, 1.807) is 18.2 Å². The van der Waals surface area contributed by atoms with Gasteiger partial charge in [-0.1, -0.05) is 17.2 Å². The average molecular weight is 431 g/mol. The Labute approximate surface area is 173 Å². The van der Waals surface area contributed by atoms with Crippen LogP contribution in [0.5, 0.6) is 0 Å². The lowest BCUT2D eigenvalue weighted by Crippen LogP contribution is -2.34. The van der Waals surface area contributed by atoms with Crippen LogP contribution in [0.3, 0.4) is 0 Å². The van der Waals surface area contributed by atoms with Gasteiger partial charge in [0.25, 0.3) is 5.91 Å². The number of hydrogen-bond acceptors (Lipinski definition) is 4. The van der Waals surface area contributed by atoms with Crippen LogP contribution in [0.25, 0.3) is 5.69 Å². The zero-order chi connectivity index (χ0) is 22.6. The highest BCUT2D eigenvalue weighted by Crippen LogP contribution is 2.32. The van der Waals surface area contributed by atoms with Crippen LogP contribution in [-0.2, 0) is 11.0 Å². The quantitative estimate of drug-likeness (QED) is 0.480. The molecule has 7 nitrogen and oxygen atoms in total. The van der Waals surface area contributed by atoms with Crippen molar-refractivity contribution in [3.63, 3.8) is 0 Å². The van der Waals surface area contributed by atoms with Crippen molar-refractivity contribution < 1.29 is 27.2 Å². The second-order valence-electron chi connectivity index (χ2n) is 6.13. The van der Waals surface area contributed by atoms with Gasteiger partial charge in [0.2, 0.25) is 5.91 Å². The van der Waals surface area contributed by atoms with Crippen LogP contribution in [-0.4, -0.2) is 33.4 Å². The molecule has 3 rings (SSSR count). The molecule has 11 heteroatoms. The largest absolute Gasteiger partial charge is 0.435 e. The Balaban J connectivity index is 1.76. The van der Waals surface area contributed by atoms with Crippen LogP contribution in [0.2, 0.25) is 0 Å². The van der Waals surface area contributed by atoms with Crippen molar-refractivity contribution in [1.82, 2.24) is 20.3 Å². The summed E-state index contributed by atoms with van der Waals surface area (Å²) in [6, 6.07) is 10.3. The number of aromatic nitrogens is 3. The van der Waals surface area contributed by atoms with Gasteiger partial charge in [-0.15, -0.1) is 11.5 Å². The molecule has 0 radical (unpaired) electrons. The minimum Gasteiger partial charge on any atom is -0.341 e. The highest BCUT2D eigenvalue weighted by molar-refractivity contribution is 5.99. The minimum atomic E-state index is -5.00. The molecule has 1 aromatic heterocycles. The van der Waals surface area contributed by atoms with E-state index >= 15 is 0 Å². The topological polar surface area (TPSA) is 88.9 Å². The molecule has 158 valence electrons. The number of terminal acetylenes is 1. The van der Waals surface area contributed by atoms with E-state index in [-0.39, 0.29) is 5.69 Å². The molecule has 0 unspecified atom stereocenters. The maximum atomic E-state index is 13.6. The molecule has 0 fully saturated rings. The summed E-state index contributed by atoms with van der Waals surface area (Å²) in [6.07, 6.45) is 0.270. The van der Waals surface area contributed by atoms with Gasteiger partial charge in [0.05, 0.1) is 12.2 Å².